The molecular weight excluding hydrogens is 384 g/mol. The highest BCUT2D eigenvalue weighted by molar-refractivity contribution is 6.02. The van der Waals surface area contributed by atoms with Gasteiger partial charge in [-0.2, -0.15) is 5.10 Å². The van der Waals surface area contributed by atoms with Crippen molar-refractivity contribution >= 4 is 17.6 Å². The molecule has 0 spiro atoms. The van der Waals surface area contributed by atoms with E-state index in [4.69, 9.17) is 13.9 Å². The van der Waals surface area contributed by atoms with E-state index in [2.05, 4.69) is 5.10 Å². The molecule has 3 aromatic rings. The highest BCUT2D eigenvalue weighted by Gasteiger charge is 2.23. The third-order valence-corrected chi connectivity index (χ3v) is 4.51. The minimum absolute atomic E-state index is 0.0179. The van der Waals surface area contributed by atoms with E-state index in [1.807, 2.05) is 60.7 Å². The summed E-state index contributed by atoms with van der Waals surface area (Å²) in [7, 11) is 0. The molecule has 2 aromatic carbocycles. The fourth-order valence-electron chi connectivity index (χ4n) is 2.98. The van der Waals surface area contributed by atoms with E-state index < -0.39 is 12.6 Å². The van der Waals surface area contributed by atoms with Gasteiger partial charge in [-0.1, -0.05) is 48.5 Å². The zero-order valence-corrected chi connectivity index (χ0v) is 16.2. The SMILES string of the molecule is O=C(OCC(=O)N1CCC(c2ccccc2)=N1)c1ccc(COc2ccccc2)o1. The second kappa shape index (κ2) is 9.09. The molecule has 7 heteroatoms. The molecule has 0 fully saturated rings. The first-order valence-electron chi connectivity index (χ1n) is 9.56. The molecule has 0 saturated heterocycles. The van der Waals surface area contributed by atoms with Crippen molar-refractivity contribution in [2.45, 2.75) is 13.0 Å². The molecule has 1 aliphatic rings. The fourth-order valence-corrected chi connectivity index (χ4v) is 2.98. The minimum atomic E-state index is -0.708. The van der Waals surface area contributed by atoms with E-state index >= 15 is 0 Å². The number of carbonyl (C=O) groups is 2. The Morgan fingerprint density at radius 2 is 1.70 bits per heavy atom. The van der Waals surface area contributed by atoms with Gasteiger partial charge in [-0.3, -0.25) is 4.79 Å². The Hall–Kier alpha value is -3.87. The largest absolute Gasteiger partial charge is 0.486 e. The number of amides is 1. The number of hydrazone groups is 1. The number of benzene rings is 2. The molecule has 1 aromatic heterocycles. The van der Waals surface area contributed by atoms with Crippen LogP contribution in [-0.4, -0.2) is 35.7 Å². The van der Waals surface area contributed by atoms with Gasteiger partial charge < -0.3 is 13.9 Å². The van der Waals surface area contributed by atoms with E-state index in [1.54, 1.807) is 6.07 Å². The molecule has 0 aliphatic carbocycles. The van der Waals surface area contributed by atoms with Gasteiger partial charge in [-0.05, 0) is 29.8 Å². The topological polar surface area (TPSA) is 81.3 Å². The maximum Gasteiger partial charge on any atom is 0.374 e. The summed E-state index contributed by atoms with van der Waals surface area (Å²) in [6.45, 7) is 0.240. The highest BCUT2D eigenvalue weighted by Crippen LogP contribution is 2.16. The first-order valence-corrected chi connectivity index (χ1v) is 9.56. The molecule has 0 bridgehead atoms. The number of para-hydroxylation sites is 1. The average molecular weight is 404 g/mol. The summed E-state index contributed by atoms with van der Waals surface area (Å²) in [5.41, 5.74) is 1.81. The number of hydrogen-bond acceptors (Lipinski definition) is 6. The van der Waals surface area contributed by atoms with Crippen molar-refractivity contribution in [1.29, 1.82) is 0 Å². The molecule has 0 saturated carbocycles. The van der Waals surface area contributed by atoms with Gasteiger partial charge in [0, 0.05) is 6.42 Å². The molecule has 30 heavy (non-hydrogen) atoms. The molecule has 0 N–H and O–H groups in total. The maximum absolute atomic E-state index is 12.3. The molecule has 4 rings (SSSR count). The number of esters is 1. The maximum atomic E-state index is 12.3. The van der Waals surface area contributed by atoms with E-state index in [1.165, 1.54) is 11.1 Å². The number of carbonyl (C=O) groups excluding carboxylic acids is 2. The van der Waals surface area contributed by atoms with Crippen molar-refractivity contribution in [2.75, 3.05) is 13.2 Å². The third-order valence-electron chi connectivity index (χ3n) is 4.51. The molecule has 0 unspecified atom stereocenters. The van der Waals surface area contributed by atoms with Gasteiger partial charge in [0.25, 0.3) is 5.91 Å². The minimum Gasteiger partial charge on any atom is -0.486 e. The Bertz CT molecular complexity index is 1040. The van der Waals surface area contributed by atoms with E-state index in [0.29, 0.717) is 24.5 Å². The zero-order valence-electron chi connectivity index (χ0n) is 16.2. The van der Waals surface area contributed by atoms with Crippen LogP contribution in [0.5, 0.6) is 5.75 Å². The van der Waals surface area contributed by atoms with Crippen molar-refractivity contribution in [3.8, 4) is 5.75 Å². The monoisotopic (exact) mass is 404 g/mol. The molecule has 152 valence electrons. The number of hydrogen-bond donors (Lipinski definition) is 0. The van der Waals surface area contributed by atoms with Gasteiger partial charge >= 0.3 is 5.97 Å². The van der Waals surface area contributed by atoms with Crippen molar-refractivity contribution < 1.29 is 23.5 Å². The van der Waals surface area contributed by atoms with Crippen LogP contribution in [0.1, 0.15) is 28.3 Å². The van der Waals surface area contributed by atoms with Crippen molar-refractivity contribution in [1.82, 2.24) is 5.01 Å². The summed E-state index contributed by atoms with van der Waals surface area (Å²) < 4.78 is 16.1. The number of rotatable bonds is 7. The van der Waals surface area contributed by atoms with E-state index in [9.17, 15) is 9.59 Å². The lowest BCUT2D eigenvalue weighted by Gasteiger charge is -2.11. The van der Waals surface area contributed by atoms with Crippen LogP contribution in [0, 0.1) is 0 Å². The fraction of sp³-hybridized carbons (Fsp3) is 0.174. The number of nitrogens with zero attached hydrogens (tertiary/aromatic N) is 2. The highest BCUT2D eigenvalue weighted by atomic mass is 16.6. The molecule has 1 aliphatic heterocycles. The summed E-state index contributed by atoms with van der Waals surface area (Å²) in [6, 6.07) is 22.1. The Kier molecular flexibility index (Phi) is 5.89. The Balaban J connectivity index is 1.27. The van der Waals surface area contributed by atoms with Gasteiger partial charge in [0.05, 0.1) is 12.3 Å². The van der Waals surface area contributed by atoms with Crippen LogP contribution in [0.25, 0.3) is 0 Å². The Morgan fingerprint density at radius 3 is 2.47 bits per heavy atom. The average Bonchev–Trinajstić information content (AvgIpc) is 3.47. The second-order valence-corrected chi connectivity index (χ2v) is 6.62. The van der Waals surface area contributed by atoms with Crippen LogP contribution in [0.2, 0.25) is 0 Å². The van der Waals surface area contributed by atoms with Gasteiger partial charge in [0.1, 0.15) is 18.1 Å². The normalized spacial score (nSPS) is 13.1. The quantitative estimate of drug-likeness (QED) is 0.562. The van der Waals surface area contributed by atoms with Gasteiger partial charge in [0.2, 0.25) is 5.76 Å². The summed E-state index contributed by atoms with van der Waals surface area (Å²) in [6.07, 6.45) is 0.659. The molecule has 1 amide bonds. The first-order chi connectivity index (χ1) is 14.7. The van der Waals surface area contributed by atoms with E-state index in [-0.39, 0.29) is 18.3 Å². The summed E-state index contributed by atoms with van der Waals surface area (Å²) in [5, 5.41) is 5.67. The van der Waals surface area contributed by atoms with Crippen LogP contribution in [-0.2, 0) is 16.1 Å². The van der Waals surface area contributed by atoms with Gasteiger partial charge in [-0.15, -0.1) is 0 Å². The van der Waals surface area contributed by atoms with Crippen LogP contribution >= 0.6 is 0 Å². The summed E-state index contributed by atoms with van der Waals surface area (Å²) in [4.78, 5) is 24.5. The number of ether oxygens (including phenoxy) is 2. The molecule has 2 heterocycles. The summed E-state index contributed by atoms with van der Waals surface area (Å²) in [5.74, 6) is 0.108. The second-order valence-electron chi connectivity index (χ2n) is 6.62. The molecule has 0 radical (unpaired) electrons. The van der Waals surface area contributed by atoms with Crippen LogP contribution in [0.3, 0.4) is 0 Å². The molecule has 7 nitrogen and oxygen atoms in total. The van der Waals surface area contributed by atoms with Crippen LogP contribution < -0.4 is 4.74 Å². The van der Waals surface area contributed by atoms with E-state index in [0.717, 1.165) is 11.3 Å². The lowest BCUT2D eigenvalue weighted by Crippen LogP contribution is -2.28. The molecular formula is C23H20N2O5. The van der Waals surface area contributed by atoms with Gasteiger partial charge in [0.15, 0.2) is 6.61 Å². The Labute approximate surface area is 173 Å². The number of furan rings is 1. The predicted molar refractivity (Wildman–Crippen MR) is 109 cm³/mol. The van der Waals surface area contributed by atoms with Crippen molar-refractivity contribution in [3.63, 3.8) is 0 Å². The lowest BCUT2D eigenvalue weighted by atomic mass is 10.1. The Morgan fingerprint density at radius 1 is 0.967 bits per heavy atom. The summed E-state index contributed by atoms with van der Waals surface area (Å²) >= 11 is 0. The van der Waals surface area contributed by atoms with Crippen molar-refractivity contribution in [2.24, 2.45) is 5.10 Å². The van der Waals surface area contributed by atoms with Gasteiger partial charge in [-0.25, -0.2) is 9.80 Å². The van der Waals surface area contributed by atoms with Crippen LogP contribution in [0.4, 0.5) is 0 Å². The van der Waals surface area contributed by atoms with Crippen molar-refractivity contribution in [3.05, 3.63) is 89.9 Å². The zero-order chi connectivity index (χ0) is 20.8. The lowest BCUT2D eigenvalue weighted by molar-refractivity contribution is -0.134. The smallest absolute Gasteiger partial charge is 0.374 e. The third kappa shape index (κ3) is 4.75. The predicted octanol–water partition coefficient (Wildman–Crippen LogP) is 3.65. The van der Waals surface area contributed by atoms with Crippen LogP contribution in [0.15, 0.2) is 82.3 Å². The standard InChI is InChI=1S/C23H20N2O5/c26-22(25-14-13-20(24-25)17-7-3-1-4-8-17)16-29-23(27)21-12-11-19(30-21)15-28-18-9-5-2-6-10-18/h1-12H,13-16H2. The first kappa shape index (κ1) is 19.4. The molecule has 0 atom stereocenters.